The quantitative estimate of drug-likeness (QED) is 0.520. The van der Waals surface area contributed by atoms with Gasteiger partial charge in [-0.15, -0.1) is 12.4 Å². The van der Waals surface area contributed by atoms with Crippen molar-refractivity contribution in [1.82, 2.24) is 5.32 Å². The predicted octanol–water partition coefficient (Wildman–Crippen LogP) is 1.15. The maximum Gasteiger partial charge on any atom is 0.365 e. The van der Waals surface area contributed by atoms with Crippen LogP contribution in [-0.2, 0) is 0 Å². The molecule has 1 N–H and O–H groups in total. The first-order valence-electron chi connectivity index (χ1n) is 2.06. The molecule has 0 atom stereocenters. The van der Waals surface area contributed by atoms with Crippen LogP contribution in [0.3, 0.4) is 0 Å². The molecule has 0 fully saturated rings. The smallest absolute Gasteiger partial charge is 0.353 e. The van der Waals surface area contributed by atoms with E-state index in [-0.39, 0.29) is 12.4 Å². The van der Waals surface area contributed by atoms with Gasteiger partial charge in [0, 0.05) is 12.3 Å². The minimum atomic E-state index is -2.99. The van der Waals surface area contributed by atoms with Crippen LogP contribution in [-0.4, -0.2) is 12.4 Å². The van der Waals surface area contributed by atoms with Gasteiger partial charge in [0.2, 0.25) is 0 Å². The van der Waals surface area contributed by atoms with E-state index in [4.69, 9.17) is 0 Å². The molecule has 1 aliphatic heterocycles. The van der Waals surface area contributed by atoms with Crippen LogP contribution in [0.25, 0.3) is 0 Å². The Morgan fingerprint density at radius 3 is 2.33 bits per heavy atom. The van der Waals surface area contributed by atoms with E-state index in [0.29, 0.717) is 6.08 Å². The molecular formula is C4H5ClF2N2. The van der Waals surface area contributed by atoms with Gasteiger partial charge in [-0.1, -0.05) is 0 Å². The molecule has 0 saturated carbocycles. The lowest BCUT2D eigenvalue weighted by atomic mass is 10.5. The maximum atomic E-state index is 11.9. The number of alkyl halides is 2. The monoisotopic (exact) mass is 154 g/mol. The molecule has 0 aromatic rings. The molecule has 9 heavy (non-hydrogen) atoms. The van der Waals surface area contributed by atoms with Gasteiger partial charge < -0.3 is 5.32 Å². The Kier molecular flexibility index (Phi) is 2.58. The number of halogens is 3. The van der Waals surface area contributed by atoms with Gasteiger partial charge in [0.1, 0.15) is 0 Å². The van der Waals surface area contributed by atoms with Crippen molar-refractivity contribution in [3.05, 3.63) is 12.3 Å². The van der Waals surface area contributed by atoms with Crippen LogP contribution in [0, 0.1) is 0 Å². The molecule has 2 nitrogen and oxygen atoms in total. The van der Waals surface area contributed by atoms with Crippen molar-refractivity contribution in [1.29, 1.82) is 0 Å². The highest BCUT2D eigenvalue weighted by atomic mass is 35.5. The highest BCUT2D eigenvalue weighted by Gasteiger charge is 2.23. The Balaban J connectivity index is 0.000000640. The third-order valence-corrected chi connectivity index (χ3v) is 0.691. The second kappa shape index (κ2) is 2.77. The van der Waals surface area contributed by atoms with Crippen LogP contribution in [0.4, 0.5) is 8.78 Å². The van der Waals surface area contributed by atoms with Crippen molar-refractivity contribution in [2.45, 2.75) is 6.05 Å². The normalized spacial score (nSPS) is 20.2. The number of nitrogens with one attached hydrogen (secondary N) is 1. The van der Waals surface area contributed by atoms with Gasteiger partial charge in [-0.25, -0.2) is 4.99 Å². The third kappa shape index (κ3) is 2.41. The first-order chi connectivity index (χ1) is 3.71. The molecule has 5 heteroatoms. The highest BCUT2D eigenvalue weighted by molar-refractivity contribution is 5.85. The van der Waals surface area contributed by atoms with Crippen molar-refractivity contribution in [2.75, 3.05) is 0 Å². The van der Waals surface area contributed by atoms with E-state index in [9.17, 15) is 8.78 Å². The van der Waals surface area contributed by atoms with Gasteiger partial charge in [0.05, 0.1) is 6.34 Å². The average molecular weight is 155 g/mol. The SMILES string of the molecule is Cl.FC1(F)C=CNC=N1. The van der Waals surface area contributed by atoms with Crippen molar-refractivity contribution in [3.63, 3.8) is 0 Å². The summed E-state index contributed by atoms with van der Waals surface area (Å²) in [6.45, 7) is 0. The zero-order valence-corrected chi connectivity index (χ0v) is 5.16. The molecule has 0 aliphatic carbocycles. The molecule has 1 rings (SSSR count). The van der Waals surface area contributed by atoms with E-state index in [1.54, 1.807) is 0 Å². The molecule has 0 amide bonds. The molecule has 0 unspecified atom stereocenters. The van der Waals surface area contributed by atoms with Gasteiger partial charge in [-0.2, -0.15) is 8.78 Å². The fourth-order valence-electron chi connectivity index (χ4n) is 0.358. The standard InChI is InChI=1S/C4H4F2N2.ClH/c5-4(6)1-2-7-3-8-4;/h1-3H,(H,7,8);1H. The van der Waals surface area contributed by atoms with Crippen LogP contribution >= 0.6 is 12.4 Å². The molecule has 0 saturated heterocycles. The van der Waals surface area contributed by atoms with Crippen molar-refractivity contribution in [2.24, 2.45) is 4.99 Å². The predicted molar refractivity (Wildman–Crippen MR) is 33.0 cm³/mol. The lowest BCUT2D eigenvalue weighted by Gasteiger charge is -2.07. The Morgan fingerprint density at radius 2 is 2.11 bits per heavy atom. The van der Waals surface area contributed by atoms with Crippen LogP contribution < -0.4 is 5.32 Å². The molecular weight excluding hydrogens is 150 g/mol. The summed E-state index contributed by atoms with van der Waals surface area (Å²) in [5.41, 5.74) is 0. The first-order valence-corrected chi connectivity index (χ1v) is 2.06. The Morgan fingerprint density at radius 1 is 1.44 bits per heavy atom. The van der Waals surface area contributed by atoms with Gasteiger partial charge in [0.15, 0.2) is 0 Å². The van der Waals surface area contributed by atoms with Gasteiger partial charge in [0.25, 0.3) is 0 Å². The minimum absolute atomic E-state index is 0. The van der Waals surface area contributed by atoms with Gasteiger partial charge in [-0.3, -0.25) is 0 Å². The van der Waals surface area contributed by atoms with Gasteiger partial charge in [-0.05, 0) is 0 Å². The van der Waals surface area contributed by atoms with Gasteiger partial charge >= 0.3 is 6.05 Å². The fraction of sp³-hybridized carbons (Fsp3) is 0.250. The molecule has 1 aliphatic rings. The zero-order valence-electron chi connectivity index (χ0n) is 4.34. The zero-order chi connectivity index (χ0) is 6.04. The Hall–Kier alpha value is -0.640. The molecule has 0 spiro atoms. The summed E-state index contributed by atoms with van der Waals surface area (Å²) in [5.74, 6) is 0. The lowest BCUT2D eigenvalue weighted by molar-refractivity contribution is 0.0645. The topological polar surface area (TPSA) is 24.4 Å². The van der Waals surface area contributed by atoms with E-state index in [2.05, 4.69) is 10.3 Å². The van der Waals surface area contributed by atoms with Crippen molar-refractivity contribution >= 4 is 18.7 Å². The lowest BCUT2D eigenvalue weighted by Crippen LogP contribution is -2.18. The molecule has 0 aromatic carbocycles. The summed E-state index contributed by atoms with van der Waals surface area (Å²) in [4.78, 5) is 2.81. The molecule has 0 aromatic heterocycles. The number of hydrogen-bond acceptors (Lipinski definition) is 2. The molecule has 52 valence electrons. The van der Waals surface area contributed by atoms with Crippen LogP contribution in [0.1, 0.15) is 0 Å². The summed E-state index contributed by atoms with van der Waals surface area (Å²) >= 11 is 0. The fourth-order valence-corrected chi connectivity index (χ4v) is 0.358. The number of hydrogen-bond donors (Lipinski definition) is 1. The maximum absolute atomic E-state index is 11.9. The van der Waals surface area contributed by atoms with Crippen molar-refractivity contribution < 1.29 is 8.78 Å². The average Bonchev–Trinajstić information content (AvgIpc) is 1.65. The summed E-state index contributed by atoms with van der Waals surface area (Å²) < 4.78 is 23.8. The van der Waals surface area contributed by atoms with E-state index in [1.165, 1.54) is 0 Å². The van der Waals surface area contributed by atoms with Crippen LogP contribution in [0.2, 0.25) is 0 Å². The second-order valence-electron chi connectivity index (χ2n) is 1.35. The summed E-state index contributed by atoms with van der Waals surface area (Å²) in [6.07, 6.45) is 2.79. The van der Waals surface area contributed by atoms with Crippen LogP contribution in [0.5, 0.6) is 0 Å². The van der Waals surface area contributed by atoms with E-state index in [1.807, 2.05) is 0 Å². The minimum Gasteiger partial charge on any atom is -0.353 e. The van der Waals surface area contributed by atoms with E-state index < -0.39 is 6.05 Å². The highest BCUT2D eigenvalue weighted by Crippen LogP contribution is 2.16. The number of aliphatic imine (C=N–C) groups is 1. The number of rotatable bonds is 0. The van der Waals surface area contributed by atoms with E-state index >= 15 is 0 Å². The van der Waals surface area contributed by atoms with Crippen molar-refractivity contribution in [3.8, 4) is 0 Å². The Bertz CT molecular complexity index is 130. The molecule has 0 bridgehead atoms. The van der Waals surface area contributed by atoms with Crippen LogP contribution in [0.15, 0.2) is 17.3 Å². The largest absolute Gasteiger partial charge is 0.365 e. The van der Waals surface area contributed by atoms with E-state index in [0.717, 1.165) is 12.5 Å². The number of nitrogens with zero attached hydrogens (tertiary/aromatic N) is 1. The second-order valence-corrected chi connectivity index (χ2v) is 1.35. The summed E-state index contributed by atoms with van der Waals surface area (Å²) in [5, 5.41) is 2.39. The first kappa shape index (κ1) is 8.36. The summed E-state index contributed by atoms with van der Waals surface area (Å²) in [6, 6.07) is -2.99. The third-order valence-electron chi connectivity index (χ3n) is 0.691. The molecule has 1 heterocycles. The summed E-state index contributed by atoms with van der Waals surface area (Å²) in [7, 11) is 0. The molecule has 0 radical (unpaired) electrons. The Labute approximate surface area is 57.1 Å².